The number of benzene rings is 1. The lowest BCUT2D eigenvalue weighted by Crippen LogP contribution is -2.39. The molecule has 0 bridgehead atoms. The summed E-state index contributed by atoms with van der Waals surface area (Å²) < 4.78 is 5.32. The number of anilines is 1. The minimum Gasteiger partial charge on any atom is -0.484 e. The molecular weight excluding hydrogens is 246 g/mol. The molecule has 0 saturated carbocycles. The first kappa shape index (κ1) is 14.8. The van der Waals surface area contributed by atoms with Gasteiger partial charge in [0.05, 0.1) is 6.54 Å². The molecule has 6 nitrogen and oxygen atoms in total. The third-order valence-electron chi connectivity index (χ3n) is 2.52. The van der Waals surface area contributed by atoms with Gasteiger partial charge in [-0.3, -0.25) is 9.59 Å². The monoisotopic (exact) mass is 265 g/mol. The molecule has 0 aliphatic heterocycles. The summed E-state index contributed by atoms with van der Waals surface area (Å²) in [5, 5.41) is 0. The standard InChI is InChI=1S/C13H19N3O3/c1-15(2)12(17)8-16(3)13(18)9-19-11-6-4-5-10(14)7-11/h4-7H,8-9,14H2,1-3H3. The Labute approximate surface area is 112 Å². The molecule has 6 heteroatoms. The van der Waals surface area contributed by atoms with Crippen molar-refractivity contribution in [1.82, 2.24) is 9.80 Å². The molecule has 1 aromatic carbocycles. The van der Waals surface area contributed by atoms with Gasteiger partial charge in [0, 0.05) is 32.9 Å². The fourth-order valence-electron chi connectivity index (χ4n) is 1.29. The quantitative estimate of drug-likeness (QED) is 0.771. The number of nitrogens with zero attached hydrogens (tertiary/aromatic N) is 2. The fraction of sp³-hybridized carbons (Fsp3) is 0.385. The van der Waals surface area contributed by atoms with Gasteiger partial charge in [-0.15, -0.1) is 0 Å². The number of hydrogen-bond acceptors (Lipinski definition) is 4. The molecule has 0 fully saturated rings. The summed E-state index contributed by atoms with van der Waals surface area (Å²) in [6.07, 6.45) is 0. The van der Waals surface area contributed by atoms with E-state index in [0.29, 0.717) is 11.4 Å². The van der Waals surface area contributed by atoms with Crippen molar-refractivity contribution in [3.63, 3.8) is 0 Å². The van der Waals surface area contributed by atoms with Gasteiger partial charge >= 0.3 is 0 Å². The number of nitrogen functional groups attached to an aromatic ring is 1. The highest BCUT2D eigenvalue weighted by Crippen LogP contribution is 2.14. The van der Waals surface area contributed by atoms with Crippen LogP contribution in [0, 0.1) is 0 Å². The predicted molar refractivity (Wildman–Crippen MR) is 72.7 cm³/mol. The summed E-state index contributed by atoms with van der Waals surface area (Å²) in [6.45, 7) is -0.0905. The number of ether oxygens (including phenoxy) is 1. The second-order valence-electron chi connectivity index (χ2n) is 4.40. The summed E-state index contributed by atoms with van der Waals surface area (Å²) in [7, 11) is 4.85. The molecule has 1 aromatic rings. The molecule has 0 spiro atoms. The lowest BCUT2D eigenvalue weighted by molar-refractivity contribution is -0.139. The molecule has 0 radical (unpaired) electrons. The molecule has 104 valence electrons. The van der Waals surface area contributed by atoms with E-state index in [9.17, 15) is 9.59 Å². The van der Waals surface area contributed by atoms with Gasteiger partial charge in [-0.05, 0) is 12.1 Å². The highest BCUT2D eigenvalue weighted by atomic mass is 16.5. The van der Waals surface area contributed by atoms with Gasteiger partial charge < -0.3 is 20.3 Å². The first-order valence-electron chi connectivity index (χ1n) is 5.82. The van der Waals surface area contributed by atoms with Crippen LogP contribution in [0.4, 0.5) is 5.69 Å². The van der Waals surface area contributed by atoms with Gasteiger partial charge in [0.1, 0.15) is 5.75 Å². The third kappa shape index (κ3) is 4.87. The molecule has 1 rings (SSSR count). The van der Waals surface area contributed by atoms with Crippen LogP contribution in [0.25, 0.3) is 0 Å². The average molecular weight is 265 g/mol. The summed E-state index contributed by atoms with van der Waals surface area (Å²) in [4.78, 5) is 26.0. The molecule has 0 aliphatic rings. The summed E-state index contributed by atoms with van der Waals surface area (Å²) in [6, 6.07) is 6.83. The second-order valence-corrected chi connectivity index (χ2v) is 4.40. The number of nitrogens with two attached hydrogens (primary N) is 1. The van der Waals surface area contributed by atoms with Crippen LogP contribution in [-0.4, -0.2) is 55.9 Å². The number of rotatable bonds is 5. The molecule has 0 aromatic heterocycles. The second kappa shape index (κ2) is 6.63. The van der Waals surface area contributed by atoms with Crippen molar-refractivity contribution in [1.29, 1.82) is 0 Å². The van der Waals surface area contributed by atoms with Crippen molar-refractivity contribution < 1.29 is 14.3 Å². The lowest BCUT2D eigenvalue weighted by atomic mass is 10.3. The van der Waals surface area contributed by atoms with E-state index < -0.39 is 0 Å². The van der Waals surface area contributed by atoms with Crippen molar-refractivity contribution in [3.8, 4) is 5.75 Å². The number of amides is 2. The topological polar surface area (TPSA) is 75.9 Å². The van der Waals surface area contributed by atoms with Gasteiger partial charge in [-0.2, -0.15) is 0 Å². The molecule has 0 atom stereocenters. The maximum absolute atomic E-state index is 11.8. The van der Waals surface area contributed by atoms with Gasteiger partial charge in [0.25, 0.3) is 5.91 Å². The van der Waals surface area contributed by atoms with E-state index in [4.69, 9.17) is 10.5 Å². The average Bonchev–Trinajstić information content (AvgIpc) is 2.35. The number of likely N-dealkylation sites (N-methyl/N-ethyl adjacent to an activating group) is 2. The van der Waals surface area contributed by atoms with Crippen LogP contribution in [0.15, 0.2) is 24.3 Å². The molecule has 0 aliphatic carbocycles. The minimum atomic E-state index is -0.266. The molecular formula is C13H19N3O3. The SMILES string of the molecule is CN(C)C(=O)CN(C)C(=O)COc1cccc(N)c1. The Morgan fingerprint density at radius 2 is 1.89 bits per heavy atom. The highest BCUT2D eigenvalue weighted by molar-refractivity contribution is 5.85. The summed E-state index contributed by atoms with van der Waals surface area (Å²) >= 11 is 0. The van der Waals surface area contributed by atoms with E-state index in [0.717, 1.165) is 0 Å². The van der Waals surface area contributed by atoms with Gasteiger partial charge in [0.15, 0.2) is 6.61 Å². The van der Waals surface area contributed by atoms with Gasteiger partial charge in [-0.25, -0.2) is 0 Å². The molecule has 0 unspecified atom stereocenters. The van der Waals surface area contributed by atoms with E-state index in [1.165, 1.54) is 9.80 Å². The van der Waals surface area contributed by atoms with Crippen LogP contribution in [0.1, 0.15) is 0 Å². The fourth-order valence-corrected chi connectivity index (χ4v) is 1.29. The minimum absolute atomic E-state index is 0.0339. The first-order valence-corrected chi connectivity index (χ1v) is 5.82. The molecule has 2 N–H and O–H groups in total. The van der Waals surface area contributed by atoms with Crippen molar-refractivity contribution in [2.75, 3.05) is 40.0 Å². The van der Waals surface area contributed by atoms with Crippen LogP contribution in [-0.2, 0) is 9.59 Å². The van der Waals surface area contributed by atoms with Crippen molar-refractivity contribution >= 4 is 17.5 Å². The van der Waals surface area contributed by atoms with Crippen molar-refractivity contribution in [2.45, 2.75) is 0 Å². The van der Waals surface area contributed by atoms with E-state index >= 15 is 0 Å². The first-order chi connectivity index (χ1) is 8.90. The zero-order valence-corrected chi connectivity index (χ0v) is 11.4. The van der Waals surface area contributed by atoms with E-state index in [1.54, 1.807) is 45.4 Å². The van der Waals surface area contributed by atoms with E-state index in [1.807, 2.05) is 0 Å². The predicted octanol–water partition coefficient (Wildman–Crippen LogP) is 0.194. The largest absolute Gasteiger partial charge is 0.484 e. The van der Waals surface area contributed by atoms with Crippen molar-refractivity contribution in [3.05, 3.63) is 24.3 Å². The maximum Gasteiger partial charge on any atom is 0.260 e. The summed E-state index contributed by atoms with van der Waals surface area (Å²) in [5.74, 6) is 0.123. The Hall–Kier alpha value is -2.24. The van der Waals surface area contributed by atoms with Crippen LogP contribution >= 0.6 is 0 Å². The smallest absolute Gasteiger partial charge is 0.260 e. The highest BCUT2D eigenvalue weighted by Gasteiger charge is 2.14. The Kier molecular flexibility index (Phi) is 5.17. The van der Waals surface area contributed by atoms with Crippen LogP contribution < -0.4 is 10.5 Å². The Morgan fingerprint density at radius 3 is 2.47 bits per heavy atom. The van der Waals surface area contributed by atoms with E-state index in [2.05, 4.69) is 0 Å². The Balaban J connectivity index is 2.45. The molecule has 0 saturated heterocycles. The lowest BCUT2D eigenvalue weighted by Gasteiger charge is -2.19. The number of hydrogen-bond donors (Lipinski definition) is 1. The molecule has 0 heterocycles. The zero-order valence-electron chi connectivity index (χ0n) is 11.4. The van der Waals surface area contributed by atoms with Crippen LogP contribution in [0.3, 0.4) is 0 Å². The molecule has 19 heavy (non-hydrogen) atoms. The number of carbonyl (C=O) groups excluding carboxylic acids is 2. The van der Waals surface area contributed by atoms with Crippen LogP contribution in [0.5, 0.6) is 5.75 Å². The molecule has 2 amide bonds. The summed E-state index contributed by atoms with van der Waals surface area (Å²) in [5.41, 5.74) is 6.17. The van der Waals surface area contributed by atoms with E-state index in [-0.39, 0.29) is 25.0 Å². The maximum atomic E-state index is 11.8. The van der Waals surface area contributed by atoms with Crippen molar-refractivity contribution in [2.24, 2.45) is 0 Å². The Bertz CT molecular complexity index is 460. The Morgan fingerprint density at radius 1 is 1.21 bits per heavy atom. The van der Waals surface area contributed by atoms with Gasteiger partial charge in [-0.1, -0.05) is 6.07 Å². The zero-order chi connectivity index (χ0) is 14.4. The third-order valence-corrected chi connectivity index (χ3v) is 2.52. The normalized spacial score (nSPS) is 9.84. The van der Waals surface area contributed by atoms with Gasteiger partial charge in [0.2, 0.25) is 5.91 Å². The van der Waals surface area contributed by atoms with Crippen LogP contribution in [0.2, 0.25) is 0 Å². The number of carbonyl (C=O) groups is 2.